The first-order valence-corrected chi connectivity index (χ1v) is 7.43. The number of carbonyl (C=O) groups excluding carboxylic acids is 1. The summed E-state index contributed by atoms with van der Waals surface area (Å²) in [5.41, 5.74) is 1.86. The molecule has 116 valence electrons. The Bertz CT molecular complexity index is 765. The van der Waals surface area contributed by atoms with Crippen molar-refractivity contribution < 1.29 is 13.9 Å². The number of benzene rings is 2. The van der Waals surface area contributed by atoms with Crippen LogP contribution in [0.5, 0.6) is 5.75 Å². The zero-order valence-corrected chi connectivity index (χ0v) is 12.6. The Hall–Kier alpha value is -3.01. The molecule has 0 radical (unpaired) electrons. The van der Waals surface area contributed by atoms with Crippen LogP contribution in [0.1, 0.15) is 10.6 Å². The number of anilines is 1. The molecule has 0 fully saturated rings. The van der Waals surface area contributed by atoms with Crippen molar-refractivity contribution in [3.63, 3.8) is 0 Å². The molecule has 0 unspecified atom stereocenters. The summed E-state index contributed by atoms with van der Waals surface area (Å²) < 4.78 is 11.2. The van der Waals surface area contributed by atoms with Crippen LogP contribution < -0.4 is 10.1 Å². The monoisotopic (exact) mass is 307 g/mol. The summed E-state index contributed by atoms with van der Waals surface area (Å²) in [6, 6.07) is 21.0. The van der Waals surface area contributed by atoms with Gasteiger partial charge in [-0.05, 0) is 36.4 Å². The van der Waals surface area contributed by atoms with E-state index in [2.05, 4.69) is 5.32 Å². The van der Waals surface area contributed by atoms with Crippen molar-refractivity contribution in [1.29, 1.82) is 0 Å². The van der Waals surface area contributed by atoms with Crippen molar-refractivity contribution in [3.8, 4) is 17.1 Å². The minimum Gasteiger partial charge on any atom is -0.492 e. The third-order valence-electron chi connectivity index (χ3n) is 3.36. The second-order valence-corrected chi connectivity index (χ2v) is 4.95. The van der Waals surface area contributed by atoms with Gasteiger partial charge in [0.05, 0.1) is 0 Å². The van der Waals surface area contributed by atoms with Crippen molar-refractivity contribution in [3.05, 3.63) is 72.5 Å². The molecule has 4 nitrogen and oxygen atoms in total. The number of hydrogen-bond donors (Lipinski definition) is 1. The van der Waals surface area contributed by atoms with Crippen molar-refractivity contribution in [2.45, 2.75) is 0 Å². The molecule has 4 heteroatoms. The van der Waals surface area contributed by atoms with Gasteiger partial charge in [0.25, 0.3) is 0 Å². The zero-order valence-electron chi connectivity index (χ0n) is 12.6. The molecule has 0 atom stereocenters. The topological polar surface area (TPSA) is 51.5 Å². The van der Waals surface area contributed by atoms with E-state index in [1.807, 2.05) is 54.6 Å². The number of nitrogens with one attached hydrogen (secondary N) is 1. The normalized spacial score (nSPS) is 10.3. The summed E-state index contributed by atoms with van der Waals surface area (Å²) >= 11 is 0. The molecule has 1 heterocycles. The second-order valence-electron chi connectivity index (χ2n) is 4.95. The smallest absolute Gasteiger partial charge is 0.185 e. The van der Waals surface area contributed by atoms with Crippen LogP contribution in [-0.2, 0) is 0 Å². The Balaban J connectivity index is 1.63. The van der Waals surface area contributed by atoms with Gasteiger partial charge in [-0.25, -0.2) is 0 Å². The fourth-order valence-electron chi connectivity index (χ4n) is 2.28. The predicted molar refractivity (Wildman–Crippen MR) is 90.0 cm³/mol. The second kappa shape index (κ2) is 7.31. The van der Waals surface area contributed by atoms with Gasteiger partial charge in [0.1, 0.15) is 18.1 Å². The van der Waals surface area contributed by atoms with Crippen LogP contribution >= 0.6 is 0 Å². The molecule has 0 aliphatic carbocycles. The van der Waals surface area contributed by atoms with Crippen LogP contribution in [0.25, 0.3) is 11.3 Å². The van der Waals surface area contributed by atoms with Gasteiger partial charge in [0.15, 0.2) is 12.0 Å². The van der Waals surface area contributed by atoms with E-state index in [1.165, 1.54) is 0 Å². The standard InChI is InChI=1S/C19H17NO3/c21-14-16-10-11-19(23-16)17-8-4-5-9-18(17)20-12-13-22-15-6-2-1-3-7-15/h1-11,14,20H,12-13H2. The largest absolute Gasteiger partial charge is 0.492 e. The molecule has 1 N–H and O–H groups in total. The highest BCUT2D eigenvalue weighted by molar-refractivity contribution is 5.77. The predicted octanol–water partition coefficient (Wildman–Crippen LogP) is 4.25. The number of para-hydroxylation sites is 2. The van der Waals surface area contributed by atoms with Crippen molar-refractivity contribution >= 4 is 12.0 Å². The Morgan fingerprint density at radius 1 is 0.957 bits per heavy atom. The van der Waals surface area contributed by atoms with Gasteiger partial charge >= 0.3 is 0 Å². The van der Waals surface area contributed by atoms with E-state index < -0.39 is 0 Å². The average molecular weight is 307 g/mol. The van der Waals surface area contributed by atoms with Gasteiger partial charge in [-0.1, -0.05) is 30.3 Å². The molecule has 0 aliphatic heterocycles. The molecular weight excluding hydrogens is 290 g/mol. The first-order valence-electron chi connectivity index (χ1n) is 7.43. The summed E-state index contributed by atoms with van der Waals surface area (Å²) in [5.74, 6) is 1.84. The van der Waals surface area contributed by atoms with Gasteiger partial charge in [-0.15, -0.1) is 0 Å². The number of rotatable bonds is 7. The molecule has 0 aliphatic rings. The summed E-state index contributed by atoms with van der Waals surface area (Å²) in [4.78, 5) is 10.8. The van der Waals surface area contributed by atoms with E-state index in [0.29, 0.717) is 31.0 Å². The molecule has 0 spiro atoms. The van der Waals surface area contributed by atoms with Gasteiger partial charge in [-0.3, -0.25) is 4.79 Å². The van der Waals surface area contributed by atoms with E-state index >= 15 is 0 Å². The number of carbonyl (C=O) groups is 1. The van der Waals surface area contributed by atoms with Crippen LogP contribution in [0.4, 0.5) is 5.69 Å². The van der Waals surface area contributed by atoms with Crippen LogP contribution in [0.2, 0.25) is 0 Å². The number of aldehydes is 1. The molecule has 0 amide bonds. The fraction of sp³-hybridized carbons (Fsp3) is 0.105. The SMILES string of the molecule is O=Cc1ccc(-c2ccccc2NCCOc2ccccc2)o1. The van der Waals surface area contributed by atoms with Crippen molar-refractivity contribution in [2.24, 2.45) is 0 Å². The third kappa shape index (κ3) is 3.80. The lowest BCUT2D eigenvalue weighted by Crippen LogP contribution is -2.11. The molecular formula is C19H17NO3. The van der Waals surface area contributed by atoms with Gasteiger partial charge < -0.3 is 14.5 Å². The minimum absolute atomic E-state index is 0.321. The van der Waals surface area contributed by atoms with Crippen LogP contribution in [0.15, 0.2) is 71.1 Å². The van der Waals surface area contributed by atoms with Crippen LogP contribution in [0.3, 0.4) is 0 Å². The van der Waals surface area contributed by atoms with Crippen LogP contribution in [-0.4, -0.2) is 19.4 Å². The molecule has 1 aromatic heterocycles. The van der Waals surface area contributed by atoms with E-state index in [0.717, 1.165) is 17.0 Å². The maximum Gasteiger partial charge on any atom is 0.185 e. The van der Waals surface area contributed by atoms with E-state index in [4.69, 9.17) is 9.15 Å². The minimum atomic E-state index is 0.321. The quantitative estimate of drug-likeness (QED) is 0.523. The highest BCUT2D eigenvalue weighted by atomic mass is 16.5. The fourth-order valence-corrected chi connectivity index (χ4v) is 2.28. The van der Waals surface area contributed by atoms with Crippen molar-refractivity contribution in [1.82, 2.24) is 0 Å². The molecule has 0 saturated carbocycles. The first-order chi connectivity index (χ1) is 11.4. The molecule has 0 bridgehead atoms. The molecule has 0 saturated heterocycles. The maximum absolute atomic E-state index is 10.8. The van der Waals surface area contributed by atoms with Crippen molar-refractivity contribution in [2.75, 3.05) is 18.5 Å². The average Bonchev–Trinajstić information content (AvgIpc) is 3.09. The van der Waals surface area contributed by atoms with Gasteiger partial charge in [-0.2, -0.15) is 0 Å². The summed E-state index contributed by atoms with van der Waals surface area (Å²) in [6.45, 7) is 1.21. The van der Waals surface area contributed by atoms with E-state index in [-0.39, 0.29) is 0 Å². The Kier molecular flexibility index (Phi) is 4.74. The summed E-state index contributed by atoms with van der Waals surface area (Å²) in [6.07, 6.45) is 0.702. The Labute approximate surface area is 134 Å². The van der Waals surface area contributed by atoms with Crippen LogP contribution in [0, 0.1) is 0 Å². The summed E-state index contributed by atoms with van der Waals surface area (Å²) in [5, 5.41) is 3.34. The van der Waals surface area contributed by atoms with E-state index in [9.17, 15) is 4.79 Å². The summed E-state index contributed by atoms with van der Waals surface area (Å²) in [7, 11) is 0. The highest BCUT2D eigenvalue weighted by Gasteiger charge is 2.08. The number of furan rings is 1. The van der Waals surface area contributed by atoms with Gasteiger partial charge in [0.2, 0.25) is 0 Å². The maximum atomic E-state index is 10.8. The number of ether oxygens (including phenoxy) is 1. The number of hydrogen-bond acceptors (Lipinski definition) is 4. The highest BCUT2D eigenvalue weighted by Crippen LogP contribution is 2.29. The van der Waals surface area contributed by atoms with Gasteiger partial charge in [0, 0.05) is 17.8 Å². The third-order valence-corrected chi connectivity index (χ3v) is 3.36. The Morgan fingerprint density at radius 2 is 1.74 bits per heavy atom. The Morgan fingerprint density at radius 3 is 2.52 bits per heavy atom. The zero-order chi connectivity index (χ0) is 15.9. The first kappa shape index (κ1) is 14.9. The van der Waals surface area contributed by atoms with E-state index in [1.54, 1.807) is 12.1 Å². The lowest BCUT2D eigenvalue weighted by atomic mass is 10.1. The molecule has 23 heavy (non-hydrogen) atoms. The molecule has 2 aromatic carbocycles. The molecule has 3 aromatic rings. The lowest BCUT2D eigenvalue weighted by molar-refractivity contribution is 0.110. The molecule has 3 rings (SSSR count). The lowest BCUT2D eigenvalue weighted by Gasteiger charge is -2.11.